The summed E-state index contributed by atoms with van der Waals surface area (Å²) in [4.78, 5) is 47.6. The van der Waals surface area contributed by atoms with Crippen LogP contribution in [0.1, 0.15) is 57.5 Å². The van der Waals surface area contributed by atoms with Crippen LogP contribution >= 0.6 is 11.3 Å². The summed E-state index contributed by atoms with van der Waals surface area (Å²) in [5, 5.41) is 3.02. The van der Waals surface area contributed by atoms with E-state index in [-0.39, 0.29) is 29.2 Å². The van der Waals surface area contributed by atoms with Crippen LogP contribution in [-0.4, -0.2) is 63.3 Å². The van der Waals surface area contributed by atoms with Crippen molar-refractivity contribution in [3.8, 4) is 0 Å². The third kappa shape index (κ3) is 3.91. The zero-order valence-corrected chi connectivity index (χ0v) is 20.9. The molecule has 2 saturated heterocycles. The zero-order valence-electron chi connectivity index (χ0n) is 20.1. The predicted molar refractivity (Wildman–Crippen MR) is 139 cm³/mol. The molecular formula is C27H29N5O3S. The maximum Gasteiger partial charge on any atom is 0.268 e. The number of benzene rings is 1. The highest BCUT2D eigenvalue weighted by atomic mass is 32.1. The molecule has 186 valence electrons. The minimum absolute atomic E-state index is 0.00379. The molecule has 3 aliphatic rings. The smallest absolute Gasteiger partial charge is 0.268 e. The lowest BCUT2D eigenvalue weighted by Gasteiger charge is -2.46. The van der Waals surface area contributed by atoms with Crippen LogP contribution in [-0.2, 0) is 4.79 Å². The topological polar surface area (TPSA) is 87.5 Å². The Hall–Kier alpha value is -3.46. The monoisotopic (exact) mass is 503 g/mol. The third-order valence-corrected chi connectivity index (χ3v) is 8.95. The first-order chi connectivity index (χ1) is 17.5. The summed E-state index contributed by atoms with van der Waals surface area (Å²) in [6.45, 7) is 6.70. The Balaban J connectivity index is 1.21. The summed E-state index contributed by atoms with van der Waals surface area (Å²) in [6.07, 6.45) is 6.31. The van der Waals surface area contributed by atoms with E-state index in [9.17, 15) is 14.4 Å². The number of nitrogens with zero attached hydrogens (tertiary/aromatic N) is 4. The number of likely N-dealkylation sites (tertiary alicyclic amines) is 2. The predicted octanol–water partition coefficient (Wildman–Crippen LogP) is 4.33. The number of rotatable bonds is 5. The average molecular weight is 504 g/mol. The Labute approximate surface area is 213 Å². The Morgan fingerprint density at radius 1 is 1.03 bits per heavy atom. The molecule has 9 heteroatoms. The molecule has 1 aliphatic carbocycles. The van der Waals surface area contributed by atoms with E-state index in [1.165, 1.54) is 17.4 Å². The lowest BCUT2D eigenvalue weighted by atomic mass is 9.65. The van der Waals surface area contributed by atoms with E-state index < -0.39 is 0 Å². The van der Waals surface area contributed by atoms with Gasteiger partial charge in [-0.1, -0.05) is 18.7 Å². The van der Waals surface area contributed by atoms with E-state index >= 15 is 0 Å². The lowest BCUT2D eigenvalue weighted by Crippen LogP contribution is -2.42. The second-order valence-electron chi connectivity index (χ2n) is 10.2. The molecule has 0 atom stereocenters. The fourth-order valence-corrected chi connectivity index (χ4v) is 6.89. The number of hydrogen-bond donors (Lipinski definition) is 1. The van der Waals surface area contributed by atoms with Crippen molar-refractivity contribution < 1.29 is 14.4 Å². The van der Waals surface area contributed by atoms with Crippen LogP contribution in [0.5, 0.6) is 0 Å². The van der Waals surface area contributed by atoms with Crippen molar-refractivity contribution in [2.75, 3.05) is 31.5 Å². The van der Waals surface area contributed by atoms with Crippen LogP contribution in [0, 0.1) is 5.41 Å². The SMILES string of the molecule is C=CC(=O)N1CC[C@]2(C1)C[C@H](n1c(NC(=O)c3ccc(C(=O)N4CCCC4)s3)nc3ccccc31)C2. The summed E-state index contributed by atoms with van der Waals surface area (Å²) in [5.74, 6) is 0.271. The maximum absolute atomic E-state index is 13.2. The van der Waals surface area contributed by atoms with E-state index in [4.69, 9.17) is 4.98 Å². The van der Waals surface area contributed by atoms with Crippen LogP contribution < -0.4 is 5.32 Å². The number of carbonyl (C=O) groups excluding carboxylic acids is 3. The molecule has 0 radical (unpaired) electrons. The first-order valence-electron chi connectivity index (χ1n) is 12.6. The molecule has 0 bridgehead atoms. The number of anilines is 1. The Morgan fingerprint density at radius 2 is 1.78 bits per heavy atom. The molecule has 2 aromatic heterocycles. The minimum atomic E-state index is -0.255. The highest BCUT2D eigenvalue weighted by molar-refractivity contribution is 7.16. The van der Waals surface area contributed by atoms with Crippen molar-refractivity contribution >= 4 is 46.0 Å². The van der Waals surface area contributed by atoms with E-state index in [1.807, 2.05) is 34.1 Å². The van der Waals surface area contributed by atoms with Crippen molar-refractivity contribution in [3.63, 3.8) is 0 Å². The molecular weight excluding hydrogens is 474 g/mol. The second kappa shape index (κ2) is 8.89. The molecule has 6 rings (SSSR count). The molecule has 0 unspecified atom stereocenters. The Kier molecular flexibility index (Phi) is 5.67. The molecule has 1 saturated carbocycles. The normalized spacial score (nSPS) is 23.3. The highest BCUT2D eigenvalue weighted by Crippen LogP contribution is 2.55. The summed E-state index contributed by atoms with van der Waals surface area (Å²) < 4.78 is 2.14. The van der Waals surface area contributed by atoms with E-state index in [2.05, 4.69) is 16.5 Å². The number of imidazole rings is 1. The number of para-hydroxylation sites is 2. The quantitative estimate of drug-likeness (QED) is 0.525. The number of thiophene rings is 1. The van der Waals surface area contributed by atoms with Gasteiger partial charge in [0, 0.05) is 32.2 Å². The maximum atomic E-state index is 13.2. The van der Waals surface area contributed by atoms with Gasteiger partial charge < -0.3 is 14.4 Å². The van der Waals surface area contributed by atoms with Gasteiger partial charge in [0.15, 0.2) is 0 Å². The van der Waals surface area contributed by atoms with Gasteiger partial charge in [-0.15, -0.1) is 11.3 Å². The van der Waals surface area contributed by atoms with Crippen LogP contribution in [0.4, 0.5) is 5.95 Å². The van der Waals surface area contributed by atoms with Gasteiger partial charge in [-0.25, -0.2) is 4.98 Å². The molecule has 36 heavy (non-hydrogen) atoms. The van der Waals surface area contributed by atoms with Crippen LogP contribution in [0.2, 0.25) is 0 Å². The number of hydrogen-bond acceptors (Lipinski definition) is 5. The number of amides is 3. The van der Waals surface area contributed by atoms with Gasteiger partial charge in [0.05, 0.1) is 20.8 Å². The van der Waals surface area contributed by atoms with Gasteiger partial charge in [-0.05, 0) is 67.9 Å². The highest BCUT2D eigenvalue weighted by Gasteiger charge is 2.50. The standard InChI is InChI=1S/C27H29N5O3S/c1-2-23(33)31-14-11-27(17-31)15-18(16-27)32-20-8-4-3-7-19(20)28-26(32)29-24(34)21-9-10-22(36-21)25(35)30-12-5-6-13-30/h2-4,7-10,18H,1,5-6,11-17H2,(H,28,29,34)/t18-,27-. The van der Waals surface area contributed by atoms with Crippen LogP contribution in [0.25, 0.3) is 11.0 Å². The molecule has 3 aromatic rings. The van der Waals surface area contributed by atoms with Crippen molar-refractivity contribution in [1.82, 2.24) is 19.4 Å². The van der Waals surface area contributed by atoms with Gasteiger partial charge in [0.2, 0.25) is 11.9 Å². The summed E-state index contributed by atoms with van der Waals surface area (Å²) in [5.41, 5.74) is 1.94. The number of carbonyl (C=O) groups is 3. The Bertz CT molecular complexity index is 1360. The van der Waals surface area contributed by atoms with E-state index in [0.29, 0.717) is 15.7 Å². The fraction of sp³-hybridized carbons (Fsp3) is 0.407. The van der Waals surface area contributed by atoms with E-state index in [0.717, 1.165) is 69.3 Å². The molecule has 8 nitrogen and oxygen atoms in total. The van der Waals surface area contributed by atoms with Crippen molar-refractivity contribution in [1.29, 1.82) is 0 Å². The first-order valence-corrected chi connectivity index (χ1v) is 13.4. The molecule has 3 fully saturated rings. The summed E-state index contributed by atoms with van der Waals surface area (Å²) >= 11 is 1.23. The van der Waals surface area contributed by atoms with Gasteiger partial charge in [-0.2, -0.15) is 0 Å². The number of fused-ring (bicyclic) bond motifs is 1. The van der Waals surface area contributed by atoms with E-state index in [1.54, 1.807) is 12.1 Å². The Morgan fingerprint density at radius 3 is 2.56 bits per heavy atom. The molecule has 4 heterocycles. The lowest BCUT2D eigenvalue weighted by molar-refractivity contribution is -0.125. The molecule has 1 spiro atoms. The number of aromatic nitrogens is 2. The first kappa shape index (κ1) is 23.0. The van der Waals surface area contributed by atoms with Gasteiger partial charge >= 0.3 is 0 Å². The van der Waals surface area contributed by atoms with Crippen LogP contribution in [0.15, 0.2) is 49.1 Å². The molecule has 1 N–H and O–H groups in total. The third-order valence-electron chi connectivity index (χ3n) is 7.88. The molecule has 1 aromatic carbocycles. The van der Waals surface area contributed by atoms with Crippen LogP contribution in [0.3, 0.4) is 0 Å². The van der Waals surface area contributed by atoms with Gasteiger partial charge in [0.1, 0.15) is 0 Å². The van der Waals surface area contributed by atoms with Crippen molar-refractivity contribution in [2.24, 2.45) is 5.41 Å². The second-order valence-corrected chi connectivity index (χ2v) is 11.3. The zero-order chi connectivity index (χ0) is 24.9. The summed E-state index contributed by atoms with van der Waals surface area (Å²) in [7, 11) is 0. The summed E-state index contributed by atoms with van der Waals surface area (Å²) in [6, 6.07) is 11.6. The molecule has 3 amide bonds. The average Bonchev–Trinajstić information content (AvgIpc) is 3.66. The number of nitrogens with one attached hydrogen (secondary N) is 1. The van der Waals surface area contributed by atoms with Gasteiger partial charge in [0.25, 0.3) is 11.8 Å². The molecule has 2 aliphatic heterocycles. The van der Waals surface area contributed by atoms with Crippen molar-refractivity contribution in [3.05, 3.63) is 58.8 Å². The van der Waals surface area contributed by atoms with Gasteiger partial charge in [-0.3, -0.25) is 19.7 Å². The fourth-order valence-electron chi connectivity index (χ4n) is 6.02. The van der Waals surface area contributed by atoms with Crippen molar-refractivity contribution in [2.45, 2.75) is 38.1 Å². The minimum Gasteiger partial charge on any atom is -0.339 e. The largest absolute Gasteiger partial charge is 0.339 e.